The van der Waals surface area contributed by atoms with Crippen molar-refractivity contribution in [1.82, 2.24) is 14.8 Å². The molecule has 0 saturated heterocycles. The second-order valence-corrected chi connectivity index (χ2v) is 3.49. The van der Waals surface area contributed by atoms with E-state index in [0.29, 0.717) is 5.28 Å². The molecule has 0 spiro atoms. The number of alkyl halides is 3. The molecule has 1 unspecified atom stereocenters. The number of halogens is 4. The summed E-state index contributed by atoms with van der Waals surface area (Å²) in [5.74, 6) is 0.897. The number of nitrogens with zero attached hydrogens (tertiary/aromatic N) is 3. The minimum Gasteiger partial charge on any atom is -0.301 e. The molecule has 8 heteroatoms. The predicted octanol–water partition coefficient (Wildman–Crippen LogP) is 2.48. The normalized spacial score (nSPS) is 19.1. The van der Waals surface area contributed by atoms with Crippen molar-refractivity contribution in [1.29, 1.82) is 0 Å². The van der Waals surface area contributed by atoms with Crippen molar-refractivity contribution in [2.45, 2.75) is 24.9 Å². The summed E-state index contributed by atoms with van der Waals surface area (Å²) >= 11 is 10.0. The molecule has 1 atom stereocenters. The molecule has 0 aromatic carbocycles. The molecule has 0 N–H and O–H groups in total. The molecule has 1 aromatic heterocycles. The second-order valence-electron chi connectivity index (χ2n) is 2.53. The monoisotopic (exact) mass is 245 g/mol. The first kappa shape index (κ1) is 11.6. The van der Waals surface area contributed by atoms with Gasteiger partial charge in [0.2, 0.25) is 5.28 Å². The number of hydrogen-bond acceptors (Lipinski definition) is 3. The van der Waals surface area contributed by atoms with Crippen LogP contribution in [0.2, 0.25) is 5.28 Å². The molecule has 0 aliphatic carbocycles. The lowest BCUT2D eigenvalue weighted by atomic mass is 10.3. The van der Waals surface area contributed by atoms with E-state index in [4.69, 9.17) is 11.6 Å². The fourth-order valence-corrected chi connectivity index (χ4v) is 1.64. The zero-order valence-electron chi connectivity index (χ0n) is 6.87. The van der Waals surface area contributed by atoms with E-state index in [0.717, 1.165) is 18.8 Å². The highest BCUT2D eigenvalue weighted by Crippen LogP contribution is 2.30. The molecule has 14 heavy (non-hydrogen) atoms. The van der Waals surface area contributed by atoms with E-state index in [9.17, 15) is 13.2 Å². The van der Waals surface area contributed by atoms with Gasteiger partial charge in [0.1, 0.15) is 5.82 Å². The first-order chi connectivity index (χ1) is 6.52. The van der Waals surface area contributed by atoms with E-state index >= 15 is 0 Å². The maximum absolute atomic E-state index is 9.67. The number of rotatable bonds is 0. The van der Waals surface area contributed by atoms with E-state index in [-0.39, 0.29) is 5.25 Å². The van der Waals surface area contributed by atoms with Crippen LogP contribution >= 0.6 is 24.2 Å². The highest BCUT2D eigenvalue weighted by atomic mass is 35.5. The first-order valence-electron chi connectivity index (χ1n) is 3.71. The van der Waals surface area contributed by atoms with Crippen LogP contribution in [0.3, 0.4) is 0 Å². The van der Waals surface area contributed by atoms with Crippen LogP contribution in [-0.4, -0.2) is 21.4 Å². The van der Waals surface area contributed by atoms with Gasteiger partial charge in [-0.2, -0.15) is 25.8 Å². The van der Waals surface area contributed by atoms with Gasteiger partial charge >= 0.3 is 6.68 Å². The first-order valence-corrected chi connectivity index (χ1v) is 4.60. The van der Waals surface area contributed by atoms with Gasteiger partial charge in [-0.05, 0) is 18.0 Å². The summed E-state index contributed by atoms with van der Waals surface area (Å²) in [5.41, 5.74) is 0. The van der Waals surface area contributed by atoms with E-state index in [1.54, 1.807) is 0 Å². The summed E-state index contributed by atoms with van der Waals surface area (Å²) in [7, 11) is 0. The Hall–Kier alpha value is -0.430. The molecule has 0 saturated carbocycles. The average Bonchev–Trinajstić information content (AvgIpc) is 2.57. The molecular formula is C6H7ClF3N3S. The van der Waals surface area contributed by atoms with Crippen LogP contribution in [-0.2, 0) is 6.54 Å². The fraction of sp³-hybridized carbons (Fsp3) is 0.667. The average molecular weight is 246 g/mol. The molecule has 80 valence electrons. The zero-order valence-corrected chi connectivity index (χ0v) is 8.52. The standard InChI is InChI=1S/C5H6ClN3S.CHF3/c6-5-8-7-4-3(10)1-2-9(4)5;2-1(3)4/h3,10H,1-2H2;1H. The highest BCUT2D eigenvalue weighted by molar-refractivity contribution is 7.80. The van der Waals surface area contributed by atoms with Gasteiger partial charge in [0.05, 0.1) is 5.25 Å². The van der Waals surface area contributed by atoms with Crippen LogP contribution in [0.25, 0.3) is 0 Å². The number of fused-ring (bicyclic) bond motifs is 1. The number of hydrogen-bond donors (Lipinski definition) is 1. The Kier molecular flexibility index (Phi) is 4.06. The van der Waals surface area contributed by atoms with Crippen molar-refractivity contribution in [3.05, 3.63) is 11.1 Å². The van der Waals surface area contributed by atoms with Crippen LogP contribution in [0.5, 0.6) is 0 Å². The van der Waals surface area contributed by atoms with Crippen molar-refractivity contribution < 1.29 is 13.2 Å². The summed E-state index contributed by atoms with van der Waals surface area (Å²) < 4.78 is 30.9. The Labute approximate surface area is 88.7 Å². The highest BCUT2D eigenvalue weighted by Gasteiger charge is 2.23. The van der Waals surface area contributed by atoms with Gasteiger partial charge in [-0.15, -0.1) is 10.2 Å². The van der Waals surface area contributed by atoms with Crippen LogP contribution < -0.4 is 0 Å². The third-order valence-electron chi connectivity index (χ3n) is 1.66. The summed E-state index contributed by atoms with van der Waals surface area (Å²) in [4.78, 5) is 0. The lowest BCUT2D eigenvalue weighted by molar-refractivity contribution is 0.00819. The summed E-state index contributed by atoms with van der Waals surface area (Å²) in [6.45, 7) is -2.77. The van der Waals surface area contributed by atoms with E-state index in [1.165, 1.54) is 0 Å². The predicted molar refractivity (Wildman–Crippen MR) is 48.5 cm³/mol. The molecule has 1 aliphatic heterocycles. The minimum atomic E-state index is -3.67. The van der Waals surface area contributed by atoms with Crippen LogP contribution in [0.15, 0.2) is 0 Å². The van der Waals surface area contributed by atoms with Gasteiger partial charge < -0.3 is 4.57 Å². The Morgan fingerprint density at radius 1 is 1.43 bits per heavy atom. The molecule has 0 radical (unpaired) electrons. The van der Waals surface area contributed by atoms with Crippen molar-refractivity contribution in [3.63, 3.8) is 0 Å². The van der Waals surface area contributed by atoms with Crippen molar-refractivity contribution >= 4 is 24.2 Å². The summed E-state index contributed by atoms with van der Waals surface area (Å²) in [6, 6.07) is 0. The molecule has 1 aromatic rings. The number of thiol groups is 1. The Morgan fingerprint density at radius 2 is 2.00 bits per heavy atom. The molecule has 1 aliphatic rings. The Morgan fingerprint density at radius 3 is 2.50 bits per heavy atom. The molecular weight excluding hydrogens is 239 g/mol. The van der Waals surface area contributed by atoms with Gasteiger partial charge in [-0.25, -0.2) is 0 Å². The molecule has 2 heterocycles. The van der Waals surface area contributed by atoms with E-state index in [2.05, 4.69) is 22.8 Å². The zero-order chi connectivity index (χ0) is 10.7. The lowest BCUT2D eigenvalue weighted by Gasteiger charge is -1.92. The van der Waals surface area contributed by atoms with Crippen molar-refractivity contribution in [3.8, 4) is 0 Å². The smallest absolute Gasteiger partial charge is 0.301 e. The Balaban J connectivity index is 0.000000213. The minimum absolute atomic E-state index is 0.222. The lowest BCUT2D eigenvalue weighted by Crippen LogP contribution is -1.91. The second kappa shape index (κ2) is 4.88. The number of aromatic nitrogens is 3. The summed E-state index contributed by atoms with van der Waals surface area (Å²) in [5, 5.41) is 8.30. The van der Waals surface area contributed by atoms with Crippen LogP contribution in [0.1, 0.15) is 17.5 Å². The Bertz CT molecular complexity index is 304. The maximum atomic E-state index is 9.67. The van der Waals surface area contributed by atoms with Crippen molar-refractivity contribution in [2.24, 2.45) is 0 Å². The van der Waals surface area contributed by atoms with Gasteiger partial charge in [0.25, 0.3) is 0 Å². The van der Waals surface area contributed by atoms with Crippen molar-refractivity contribution in [2.75, 3.05) is 0 Å². The maximum Gasteiger partial charge on any atom is 0.379 e. The molecule has 2 rings (SSSR count). The van der Waals surface area contributed by atoms with Crippen LogP contribution in [0.4, 0.5) is 13.2 Å². The molecule has 0 fully saturated rings. The SMILES string of the molecule is FC(F)F.SC1CCn2c(Cl)nnc21. The van der Waals surface area contributed by atoms with E-state index < -0.39 is 6.68 Å². The van der Waals surface area contributed by atoms with Crippen LogP contribution in [0, 0.1) is 0 Å². The fourth-order valence-electron chi connectivity index (χ4n) is 1.13. The van der Waals surface area contributed by atoms with E-state index in [1.807, 2.05) is 4.57 Å². The molecule has 0 bridgehead atoms. The van der Waals surface area contributed by atoms with Gasteiger partial charge in [-0.3, -0.25) is 0 Å². The molecule has 3 nitrogen and oxygen atoms in total. The van der Waals surface area contributed by atoms with Gasteiger partial charge in [0, 0.05) is 6.54 Å². The topological polar surface area (TPSA) is 30.7 Å². The van der Waals surface area contributed by atoms with Gasteiger partial charge in [0.15, 0.2) is 0 Å². The third-order valence-corrected chi connectivity index (χ3v) is 2.43. The third kappa shape index (κ3) is 2.78. The van der Waals surface area contributed by atoms with Gasteiger partial charge in [-0.1, -0.05) is 0 Å². The summed E-state index contributed by atoms with van der Waals surface area (Å²) in [6.07, 6.45) is 1.01. The quantitative estimate of drug-likeness (QED) is 0.712. The molecule has 0 amide bonds. The largest absolute Gasteiger partial charge is 0.379 e.